The van der Waals surface area contributed by atoms with E-state index in [1.165, 1.54) is 7.11 Å². The number of fused-ring (bicyclic) bond motifs is 1. The molecule has 0 saturated heterocycles. The molecule has 1 aliphatic carbocycles. The predicted octanol–water partition coefficient (Wildman–Crippen LogP) is 3.33. The number of methoxy groups -OCH3 is 1. The Morgan fingerprint density at radius 3 is 2.80 bits per heavy atom. The van der Waals surface area contributed by atoms with Crippen molar-refractivity contribution < 1.29 is 18.7 Å². The number of amides is 3. The number of rotatable bonds is 4. The summed E-state index contributed by atoms with van der Waals surface area (Å²) in [6.07, 6.45) is 3.99. The van der Waals surface area contributed by atoms with Gasteiger partial charge in [-0.1, -0.05) is 12.1 Å². The highest BCUT2D eigenvalue weighted by Crippen LogP contribution is 2.30. The molecule has 0 radical (unpaired) electrons. The molecular formula is C18H21N3O4. The Labute approximate surface area is 145 Å². The first kappa shape index (κ1) is 16.9. The second kappa shape index (κ2) is 7.74. The monoisotopic (exact) mass is 343 g/mol. The van der Waals surface area contributed by atoms with Crippen LogP contribution in [0.25, 0.3) is 0 Å². The van der Waals surface area contributed by atoms with Gasteiger partial charge in [0, 0.05) is 24.2 Å². The highest BCUT2D eigenvalue weighted by atomic mass is 16.5. The molecule has 3 amide bonds. The van der Waals surface area contributed by atoms with Crippen molar-refractivity contribution in [2.24, 2.45) is 0 Å². The van der Waals surface area contributed by atoms with Gasteiger partial charge in [-0.05, 0) is 36.6 Å². The van der Waals surface area contributed by atoms with Gasteiger partial charge in [-0.25, -0.2) is 9.59 Å². The molecule has 1 unspecified atom stereocenters. The van der Waals surface area contributed by atoms with E-state index in [1.807, 2.05) is 18.2 Å². The molecule has 3 N–H and O–H groups in total. The van der Waals surface area contributed by atoms with Crippen LogP contribution in [0.1, 0.15) is 35.8 Å². The van der Waals surface area contributed by atoms with E-state index < -0.39 is 6.09 Å². The predicted molar refractivity (Wildman–Crippen MR) is 92.2 cm³/mol. The van der Waals surface area contributed by atoms with Crippen molar-refractivity contribution >= 4 is 17.8 Å². The number of hydrogen-bond donors (Lipinski definition) is 3. The molecule has 1 aromatic carbocycles. The molecule has 3 rings (SSSR count). The van der Waals surface area contributed by atoms with E-state index in [4.69, 9.17) is 4.42 Å². The molecular weight excluding hydrogens is 322 g/mol. The standard InChI is InChI=1S/C18H21N3O4/c1-24-18(23)20-13-7-5-12(6-8-13)11-19-17(22)21-15-3-2-4-16-14(15)9-10-25-16/h5-10,15H,2-4,11H2,1H3,(H,20,23)(H2,19,21,22). The SMILES string of the molecule is COC(=O)Nc1ccc(CNC(=O)NC2CCCc3occc32)cc1. The molecule has 7 heteroatoms. The van der Waals surface area contributed by atoms with Crippen LogP contribution in [-0.2, 0) is 17.7 Å². The molecule has 0 spiro atoms. The molecule has 1 aliphatic rings. The highest BCUT2D eigenvalue weighted by Gasteiger charge is 2.23. The number of urea groups is 1. The average Bonchev–Trinajstić information content (AvgIpc) is 3.11. The lowest BCUT2D eigenvalue weighted by atomic mass is 9.93. The van der Waals surface area contributed by atoms with Crippen LogP contribution in [0.3, 0.4) is 0 Å². The summed E-state index contributed by atoms with van der Waals surface area (Å²) in [5.41, 5.74) is 2.63. The van der Waals surface area contributed by atoms with Crippen molar-refractivity contribution in [2.45, 2.75) is 31.8 Å². The molecule has 0 bridgehead atoms. The second-order valence-electron chi connectivity index (χ2n) is 5.88. The minimum atomic E-state index is -0.517. The second-order valence-corrected chi connectivity index (χ2v) is 5.88. The smallest absolute Gasteiger partial charge is 0.411 e. The summed E-state index contributed by atoms with van der Waals surface area (Å²) < 4.78 is 9.97. The summed E-state index contributed by atoms with van der Waals surface area (Å²) in [7, 11) is 1.31. The van der Waals surface area contributed by atoms with Gasteiger partial charge in [-0.3, -0.25) is 5.32 Å². The zero-order valence-corrected chi connectivity index (χ0v) is 14.0. The van der Waals surface area contributed by atoms with Gasteiger partial charge in [0.05, 0.1) is 19.4 Å². The minimum Gasteiger partial charge on any atom is -0.469 e. The molecule has 0 fully saturated rings. The Kier molecular flexibility index (Phi) is 5.23. The Bertz CT molecular complexity index is 739. The number of ether oxygens (including phenoxy) is 1. The topological polar surface area (TPSA) is 92.6 Å². The van der Waals surface area contributed by atoms with Crippen molar-refractivity contribution in [3.8, 4) is 0 Å². The zero-order chi connectivity index (χ0) is 17.6. The van der Waals surface area contributed by atoms with Gasteiger partial charge in [-0.15, -0.1) is 0 Å². The van der Waals surface area contributed by atoms with E-state index in [0.29, 0.717) is 12.2 Å². The van der Waals surface area contributed by atoms with Crippen LogP contribution < -0.4 is 16.0 Å². The quantitative estimate of drug-likeness (QED) is 0.794. The van der Waals surface area contributed by atoms with Crippen LogP contribution in [0.2, 0.25) is 0 Å². The number of hydrogen-bond acceptors (Lipinski definition) is 4. The van der Waals surface area contributed by atoms with Gasteiger partial charge in [0.1, 0.15) is 5.76 Å². The Balaban J connectivity index is 1.49. The number of benzene rings is 1. The van der Waals surface area contributed by atoms with Crippen molar-refractivity contribution in [1.82, 2.24) is 10.6 Å². The van der Waals surface area contributed by atoms with E-state index in [9.17, 15) is 9.59 Å². The van der Waals surface area contributed by atoms with E-state index in [2.05, 4.69) is 20.7 Å². The van der Waals surface area contributed by atoms with Crippen molar-refractivity contribution in [2.75, 3.05) is 12.4 Å². The van der Waals surface area contributed by atoms with Crippen LogP contribution in [0.4, 0.5) is 15.3 Å². The molecule has 132 valence electrons. The molecule has 0 aliphatic heterocycles. The van der Waals surface area contributed by atoms with Gasteiger partial charge in [-0.2, -0.15) is 0 Å². The molecule has 25 heavy (non-hydrogen) atoms. The third kappa shape index (κ3) is 4.32. The van der Waals surface area contributed by atoms with Gasteiger partial charge in [0.2, 0.25) is 0 Å². The Hall–Kier alpha value is -2.96. The molecule has 1 aromatic heterocycles. The summed E-state index contributed by atoms with van der Waals surface area (Å²) in [4.78, 5) is 23.3. The number of carbonyl (C=O) groups is 2. The zero-order valence-electron chi connectivity index (χ0n) is 14.0. The van der Waals surface area contributed by atoms with Crippen LogP contribution in [0.15, 0.2) is 41.0 Å². The largest absolute Gasteiger partial charge is 0.469 e. The van der Waals surface area contributed by atoms with E-state index in [0.717, 1.165) is 36.1 Å². The maximum Gasteiger partial charge on any atom is 0.411 e. The Morgan fingerprint density at radius 1 is 1.24 bits per heavy atom. The van der Waals surface area contributed by atoms with Crippen LogP contribution in [0, 0.1) is 0 Å². The van der Waals surface area contributed by atoms with E-state index >= 15 is 0 Å². The fourth-order valence-electron chi connectivity index (χ4n) is 2.90. The van der Waals surface area contributed by atoms with Crippen molar-refractivity contribution in [3.63, 3.8) is 0 Å². The van der Waals surface area contributed by atoms with Crippen molar-refractivity contribution in [1.29, 1.82) is 0 Å². The number of carbonyl (C=O) groups excluding carboxylic acids is 2. The first-order chi connectivity index (χ1) is 12.2. The highest BCUT2D eigenvalue weighted by molar-refractivity contribution is 5.84. The fourth-order valence-corrected chi connectivity index (χ4v) is 2.90. The van der Waals surface area contributed by atoms with Gasteiger partial charge in [0.25, 0.3) is 0 Å². The summed E-state index contributed by atoms with van der Waals surface area (Å²) >= 11 is 0. The minimum absolute atomic E-state index is 0.00543. The molecule has 7 nitrogen and oxygen atoms in total. The maximum atomic E-state index is 12.1. The number of furan rings is 1. The normalized spacial score (nSPS) is 15.8. The lowest BCUT2D eigenvalue weighted by molar-refractivity contribution is 0.187. The summed E-state index contributed by atoms with van der Waals surface area (Å²) in [5.74, 6) is 0.963. The lowest BCUT2D eigenvalue weighted by Crippen LogP contribution is -2.38. The third-order valence-corrected chi connectivity index (χ3v) is 4.20. The summed E-state index contributed by atoms with van der Waals surface area (Å²) in [6.45, 7) is 0.398. The number of nitrogens with one attached hydrogen (secondary N) is 3. The van der Waals surface area contributed by atoms with Crippen LogP contribution in [-0.4, -0.2) is 19.2 Å². The van der Waals surface area contributed by atoms with Crippen LogP contribution >= 0.6 is 0 Å². The molecule has 1 atom stereocenters. The average molecular weight is 343 g/mol. The maximum absolute atomic E-state index is 12.1. The van der Waals surface area contributed by atoms with Crippen molar-refractivity contribution in [3.05, 3.63) is 53.5 Å². The molecule has 0 saturated carbocycles. The van der Waals surface area contributed by atoms with Crippen LogP contribution in [0.5, 0.6) is 0 Å². The number of aryl methyl sites for hydroxylation is 1. The van der Waals surface area contributed by atoms with Gasteiger partial charge < -0.3 is 19.8 Å². The van der Waals surface area contributed by atoms with Gasteiger partial charge in [0.15, 0.2) is 0 Å². The van der Waals surface area contributed by atoms with Gasteiger partial charge >= 0.3 is 12.1 Å². The lowest BCUT2D eigenvalue weighted by Gasteiger charge is -2.22. The summed E-state index contributed by atoms with van der Waals surface area (Å²) in [6, 6.07) is 8.88. The van der Waals surface area contributed by atoms with E-state index in [1.54, 1.807) is 18.4 Å². The molecule has 1 heterocycles. The first-order valence-electron chi connectivity index (χ1n) is 8.20. The Morgan fingerprint density at radius 2 is 2.04 bits per heavy atom. The fraction of sp³-hybridized carbons (Fsp3) is 0.333. The third-order valence-electron chi connectivity index (χ3n) is 4.20. The number of anilines is 1. The first-order valence-corrected chi connectivity index (χ1v) is 8.20. The van der Waals surface area contributed by atoms with E-state index in [-0.39, 0.29) is 12.1 Å². The molecule has 2 aromatic rings. The summed E-state index contributed by atoms with van der Waals surface area (Å²) in [5, 5.41) is 8.42.